The second-order valence-electron chi connectivity index (χ2n) is 9.80. The standard InChI is InChI=1S/C34H27FN2O3/c1-22-3-7-25(8-4-22)30-17-27(24-9-14-29(39-2)15-10-24)18-31(36-30)26-11-16-33-32(19-26)37(34(38)21-40-33)20-23-5-12-28(35)13-6-23/h3-19H,20-21H2,1-2H3. The van der Waals surface area contributed by atoms with Gasteiger partial charge >= 0.3 is 0 Å². The minimum Gasteiger partial charge on any atom is -0.497 e. The van der Waals surface area contributed by atoms with Crippen LogP contribution < -0.4 is 14.4 Å². The first-order valence-electron chi connectivity index (χ1n) is 13.0. The van der Waals surface area contributed by atoms with E-state index >= 15 is 0 Å². The second kappa shape index (κ2) is 10.7. The number of hydrogen-bond acceptors (Lipinski definition) is 4. The fraction of sp³-hybridized carbons (Fsp3) is 0.118. The molecule has 5 nitrogen and oxygen atoms in total. The lowest BCUT2D eigenvalue weighted by Crippen LogP contribution is -2.38. The number of benzene rings is 4. The Bertz CT molecular complexity index is 1680. The van der Waals surface area contributed by atoms with Gasteiger partial charge in [0, 0.05) is 11.1 Å². The molecule has 5 aromatic rings. The Hall–Kier alpha value is -4.97. The van der Waals surface area contributed by atoms with Crippen LogP contribution in [0.25, 0.3) is 33.6 Å². The van der Waals surface area contributed by atoms with Gasteiger partial charge in [-0.2, -0.15) is 0 Å². The minimum absolute atomic E-state index is 0.0453. The molecule has 0 radical (unpaired) electrons. The number of carbonyl (C=O) groups is 1. The lowest BCUT2D eigenvalue weighted by molar-refractivity contribution is -0.121. The van der Waals surface area contributed by atoms with Crippen molar-refractivity contribution in [2.24, 2.45) is 0 Å². The first kappa shape index (κ1) is 25.3. The third-order valence-electron chi connectivity index (χ3n) is 7.05. The Kier molecular flexibility index (Phi) is 6.74. The number of amides is 1. The highest BCUT2D eigenvalue weighted by molar-refractivity contribution is 5.98. The number of fused-ring (bicyclic) bond motifs is 1. The van der Waals surface area contributed by atoms with Crippen molar-refractivity contribution in [3.05, 3.63) is 120 Å². The van der Waals surface area contributed by atoms with Crippen molar-refractivity contribution in [1.82, 2.24) is 4.98 Å². The molecule has 0 atom stereocenters. The Morgan fingerprint density at radius 2 is 1.45 bits per heavy atom. The highest BCUT2D eigenvalue weighted by Gasteiger charge is 2.26. The number of aryl methyl sites for hydroxylation is 1. The first-order chi connectivity index (χ1) is 19.5. The van der Waals surface area contributed by atoms with Crippen LogP contribution in [0.1, 0.15) is 11.1 Å². The summed E-state index contributed by atoms with van der Waals surface area (Å²) in [4.78, 5) is 19.7. The Labute approximate surface area is 232 Å². The number of ether oxygens (including phenoxy) is 2. The Balaban J connectivity index is 1.45. The molecular weight excluding hydrogens is 503 g/mol. The number of halogens is 1. The Morgan fingerprint density at radius 3 is 2.15 bits per heavy atom. The van der Waals surface area contributed by atoms with Crippen molar-refractivity contribution < 1.29 is 18.7 Å². The molecule has 0 bridgehead atoms. The summed E-state index contributed by atoms with van der Waals surface area (Å²) in [6, 6.07) is 32.3. The van der Waals surface area contributed by atoms with E-state index < -0.39 is 0 Å². The van der Waals surface area contributed by atoms with Crippen LogP contribution in [0.3, 0.4) is 0 Å². The molecule has 1 amide bonds. The van der Waals surface area contributed by atoms with Crippen LogP contribution in [0, 0.1) is 12.7 Å². The molecular formula is C34H27FN2O3. The average molecular weight is 531 g/mol. The number of carbonyl (C=O) groups excluding carboxylic acids is 1. The molecule has 6 heteroatoms. The molecule has 198 valence electrons. The predicted octanol–water partition coefficient (Wildman–Crippen LogP) is 7.46. The summed E-state index contributed by atoms with van der Waals surface area (Å²) in [7, 11) is 1.65. The average Bonchev–Trinajstić information content (AvgIpc) is 2.99. The summed E-state index contributed by atoms with van der Waals surface area (Å²) in [6.45, 7) is 2.33. The number of pyridine rings is 1. The van der Waals surface area contributed by atoms with E-state index in [9.17, 15) is 9.18 Å². The SMILES string of the molecule is COc1ccc(-c2cc(-c3ccc(C)cc3)nc(-c3ccc4c(c3)N(Cc3ccc(F)cc3)C(=O)CO4)c2)cc1. The molecule has 0 fully saturated rings. The maximum absolute atomic E-state index is 13.5. The first-order valence-corrected chi connectivity index (χ1v) is 13.0. The van der Waals surface area contributed by atoms with E-state index in [-0.39, 0.29) is 18.3 Å². The summed E-state index contributed by atoms with van der Waals surface area (Å²) >= 11 is 0. The van der Waals surface area contributed by atoms with E-state index in [4.69, 9.17) is 14.5 Å². The van der Waals surface area contributed by atoms with Crippen molar-refractivity contribution in [3.63, 3.8) is 0 Å². The van der Waals surface area contributed by atoms with E-state index in [0.29, 0.717) is 18.0 Å². The van der Waals surface area contributed by atoms with Gasteiger partial charge in [0.1, 0.15) is 17.3 Å². The molecule has 6 rings (SSSR count). The smallest absolute Gasteiger partial charge is 0.265 e. The fourth-order valence-electron chi connectivity index (χ4n) is 4.81. The van der Waals surface area contributed by atoms with E-state index in [2.05, 4.69) is 43.3 Å². The molecule has 1 aliphatic rings. The zero-order chi connectivity index (χ0) is 27.6. The van der Waals surface area contributed by atoms with Crippen LogP contribution in [-0.4, -0.2) is 24.6 Å². The third kappa shape index (κ3) is 5.16. The van der Waals surface area contributed by atoms with Gasteiger partial charge in [0.15, 0.2) is 6.61 Å². The van der Waals surface area contributed by atoms with E-state index in [1.165, 1.54) is 17.7 Å². The molecule has 0 saturated heterocycles. The molecule has 2 heterocycles. The normalized spacial score (nSPS) is 12.6. The highest BCUT2D eigenvalue weighted by Crippen LogP contribution is 2.38. The zero-order valence-electron chi connectivity index (χ0n) is 22.2. The van der Waals surface area contributed by atoms with Gasteiger partial charge in [-0.3, -0.25) is 4.79 Å². The van der Waals surface area contributed by atoms with Gasteiger partial charge in [-0.1, -0.05) is 54.1 Å². The summed E-state index contributed by atoms with van der Waals surface area (Å²) in [5.74, 6) is 0.939. The summed E-state index contributed by atoms with van der Waals surface area (Å²) < 4.78 is 24.6. The van der Waals surface area contributed by atoms with Gasteiger partial charge in [-0.15, -0.1) is 0 Å². The molecule has 0 spiro atoms. The molecule has 0 saturated carbocycles. The van der Waals surface area contributed by atoms with Gasteiger partial charge in [0.25, 0.3) is 5.91 Å². The van der Waals surface area contributed by atoms with Crippen molar-refractivity contribution in [2.75, 3.05) is 18.6 Å². The van der Waals surface area contributed by atoms with Crippen molar-refractivity contribution in [2.45, 2.75) is 13.5 Å². The fourth-order valence-corrected chi connectivity index (χ4v) is 4.81. The summed E-state index contributed by atoms with van der Waals surface area (Å²) in [5.41, 5.74) is 8.19. The van der Waals surface area contributed by atoms with Crippen molar-refractivity contribution in [3.8, 4) is 45.1 Å². The van der Waals surface area contributed by atoms with Crippen LogP contribution in [0.5, 0.6) is 11.5 Å². The van der Waals surface area contributed by atoms with Crippen molar-refractivity contribution >= 4 is 11.6 Å². The quantitative estimate of drug-likeness (QED) is 0.229. The second-order valence-corrected chi connectivity index (χ2v) is 9.80. The van der Waals surface area contributed by atoms with E-state index in [1.54, 1.807) is 24.1 Å². The topological polar surface area (TPSA) is 51.7 Å². The van der Waals surface area contributed by atoms with Gasteiger partial charge in [-0.05, 0) is 78.2 Å². The summed E-state index contributed by atoms with van der Waals surface area (Å²) in [5, 5.41) is 0. The molecule has 4 aromatic carbocycles. The molecule has 0 unspecified atom stereocenters. The monoisotopic (exact) mass is 530 g/mol. The van der Waals surface area contributed by atoms with E-state index in [0.717, 1.165) is 45.0 Å². The van der Waals surface area contributed by atoms with Gasteiger partial charge in [0.2, 0.25) is 0 Å². The lowest BCUT2D eigenvalue weighted by Gasteiger charge is -2.30. The van der Waals surface area contributed by atoms with Crippen LogP contribution >= 0.6 is 0 Å². The Morgan fingerprint density at radius 1 is 0.800 bits per heavy atom. The number of rotatable bonds is 6. The number of hydrogen-bond donors (Lipinski definition) is 0. The lowest BCUT2D eigenvalue weighted by atomic mass is 9.99. The third-order valence-corrected chi connectivity index (χ3v) is 7.05. The van der Waals surface area contributed by atoms with Gasteiger partial charge in [-0.25, -0.2) is 9.37 Å². The molecule has 1 aliphatic heterocycles. The predicted molar refractivity (Wildman–Crippen MR) is 155 cm³/mol. The minimum atomic E-state index is -0.313. The van der Waals surface area contributed by atoms with Gasteiger partial charge < -0.3 is 14.4 Å². The largest absolute Gasteiger partial charge is 0.497 e. The van der Waals surface area contributed by atoms with Crippen LogP contribution in [0.2, 0.25) is 0 Å². The molecule has 1 aromatic heterocycles. The molecule has 0 N–H and O–H groups in total. The highest BCUT2D eigenvalue weighted by atomic mass is 19.1. The van der Waals surface area contributed by atoms with Crippen LogP contribution in [0.4, 0.5) is 10.1 Å². The van der Waals surface area contributed by atoms with E-state index in [1.807, 2.05) is 42.5 Å². The number of anilines is 1. The molecule has 0 aliphatic carbocycles. The van der Waals surface area contributed by atoms with Crippen LogP contribution in [-0.2, 0) is 11.3 Å². The number of methoxy groups -OCH3 is 1. The maximum Gasteiger partial charge on any atom is 0.265 e. The van der Waals surface area contributed by atoms with Crippen molar-refractivity contribution in [1.29, 1.82) is 0 Å². The number of nitrogens with zero attached hydrogens (tertiary/aromatic N) is 2. The zero-order valence-corrected chi connectivity index (χ0v) is 22.2. The van der Waals surface area contributed by atoms with Crippen LogP contribution in [0.15, 0.2) is 103 Å². The maximum atomic E-state index is 13.5. The number of aromatic nitrogens is 1. The molecule has 40 heavy (non-hydrogen) atoms. The summed E-state index contributed by atoms with van der Waals surface area (Å²) in [6.07, 6.45) is 0. The van der Waals surface area contributed by atoms with Gasteiger partial charge in [0.05, 0.1) is 30.7 Å².